The molecule has 7 heteroatoms. The zero-order valence-electron chi connectivity index (χ0n) is 18.1. The summed E-state index contributed by atoms with van der Waals surface area (Å²) in [5.74, 6) is 0.871. The quantitative estimate of drug-likeness (QED) is 0.325. The van der Waals surface area contributed by atoms with E-state index in [4.69, 9.17) is 9.73 Å². The molecule has 1 saturated heterocycles. The maximum Gasteiger partial charge on any atom is 0.191 e. The number of guanidine groups is 1. The molecule has 0 amide bonds. The highest BCUT2D eigenvalue weighted by molar-refractivity contribution is 14.0. The van der Waals surface area contributed by atoms with Crippen molar-refractivity contribution in [3.05, 3.63) is 35.4 Å². The minimum absolute atomic E-state index is 0. The zero-order chi connectivity index (χ0) is 19.7. The van der Waals surface area contributed by atoms with Crippen LogP contribution in [0.2, 0.25) is 0 Å². The summed E-state index contributed by atoms with van der Waals surface area (Å²) < 4.78 is 5.48. The first kappa shape index (κ1) is 25.1. The number of morpholine rings is 1. The van der Waals surface area contributed by atoms with Crippen molar-refractivity contribution < 1.29 is 4.74 Å². The van der Waals surface area contributed by atoms with Gasteiger partial charge in [-0.2, -0.15) is 0 Å². The Hall–Kier alpha value is -0.900. The lowest BCUT2D eigenvalue weighted by atomic mass is 10.0. The summed E-state index contributed by atoms with van der Waals surface area (Å²) >= 11 is 0. The lowest BCUT2D eigenvalue weighted by Crippen LogP contribution is -2.56. The third-order valence-electron chi connectivity index (χ3n) is 4.84. The van der Waals surface area contributed by atoms with Crippen LogP contribution in [-0.4, -0.2) is 74.8 Å². The van der Waals surface area contributed by atoms with E-state index in [0.29, 0.717) is 6.54 Å². The lowest BCUT2D eigenvalue weighted by molar-refractivity contribution is -0.00834. The van der Waals surface area contributed by atoms with Gasteiger partial charge in [-0.25, -0.2) is 4.99 Å². The molecule has 0 saturated carbocycles. The molecule has 0 atom stereocenters. The van der Waals surface area contributed by atoms with Crippen molar-refractivity contribution >= 4 is 29.9 Å². The van der Waals surface area contributed by atoms with Crippen molar-refractivity contribution in [2.24, 2.45) is 4.99 Å². The number of nitrogens with zero attached hydrogens (tertiary/aromatic N) is 3. The van der Waals surface area contributed by atoms with Crippen LogP contribution in [-0.2, 0) is 17.8 Å². The van der Waals surface area contributed by atoms with Gasteiger partial charge in [0, 0.05) is 38.3 Å². The minimum atomic E-state index is 0. The van der Waals surface area contributed by atoms with Gasteiger partial charge in [-0.1, -0.05) is 24.3 Å². The van der Waals surface area contributed by atoms with E-state index in [0.717, 1.165) is 51.9 Å². The Balaban J connectivity index is 0.00000392. The molecule has 28 heavy (non-hydrogen) atoms. The molecule has 1 aromatic carbocycles. The van der Waals surface area contributed by atoms with E-state index < -0.39 is 0 Å². The van der Waals surface area contributed by atoms with Gasteiger partial charge in [0.15, 0.2) is 5.96 Å². The summed E-state index contributed by atoms with van der Waals surface area (Å²) in [7, 11) is 4.18. The van der Waals surface area contributed by atoms with Gasteiger partial charge in [0.2, 0.25) is 0 Å². The molecule has 2 N–H and O–H groups in total. The fraction of sp³-hybridized carbons (Fsp3) is 0.667. The van der Waals surface area contributed by atoms with Crippen LogP contribution < -0.4 is 10.6 Å². The monoisotopic (exact) mass is 503 g/mol. The summed E-state index contributed by atoms with van der Waals surface area (Å²) in [6.45, 7) is 13.6. The van der Waals surface area contributed by atoms with Crippen LogP contribution in [0, 0.1) is 0 Å². The zero-order valence-corrected chi connectivity index (χ0v) is 20.5. The molecule has 0 radical (unpaired) electrons. The Kier molecular flexibility index (Phi) is 11.3. The number of halogens is 1. The van der Waals surface area contributed by atoms with E-state index >= 15 is 0 Å². The van der Waals surface area contributed by atoms with Gasteiger partial charge in [0.05, 0.1) is 19.8 Å². The number of nitrogens with one attached hydrogen (secondary N) is 2. The average Bonchev–Trinajstić information content (AvgIpc) is 2.65. The SMILES string of the molecule is CCNC(=NCc1ccc(CN(C)C)cc1)NCC(C)(C)N1CCOCC1.I. The third kappa shape index (κ3) is 8.63. The highest BCUT2D eigenvalue weighted by Gasteiger charge is 2.28. The first-order valence-electron chi connectivity index (χ1n) is 9.98. The Bertz CT molecular complexity index is 583. The average molecular weight is 503 g/mol. The van der Waals surface area contributed by atoms with Crippen molar-refractivity contribution in [3.63, 3.8) is 0 Å². The molecule has 1 aliphatic heterocycles. The highest BCUT2D eigenvalue weighted by Crippen LogP contribution is 2.15. The summed E-state index contributed by atoms with van der Waals surface area (Å²) in [5.41, 5.74) is 2.61. The molecule has 6 nitrogen and oxygen atoms in total. The molecule has 1 aromatic rings. The molecule has 0 aromatic heterocycles. The molecular weight excluding hydrogens is 465 g/mol. The Morgan fingerprint density at radius 3 is 2.29 bits per heavy atom. The van der Waals surface area contributed by atoms with Gasteiger partial charge >= 0.3 is 0 Å². The summed E-state index contributed by atoms with van der Waals surface area (Å²) in [5, 5.41) is 6.87. The van der Waals surface area contributed by atoms with Crippen LogP contribution in [0.4, 0.5) is 0 Å². The summed E-state index contributed by atoms with van der Waals surface area (Å²) in [4.78, 5) is 9.42. The number of hydrogen-bond acceptors (Lipinski definition) is 4. The standard InChI is InChI=1S/C21H37N5O.HI/c1-6-22-20(24-17-21(2,3)26-11-13-27-14-12-26)23-15-18-7-9-19(10-8-18)16-25(4)5;/h7-10H,6,11-17H2,1-5H3,(H2,22,23,24);1H. The van der Waals surface area contributed by atoms with E-state index in [1.54, 1.807) is 0 Å². The van der Waals surface area contributed by atoms with Gasteiger partial charge in [-0.3, -0.25) is 4.90 Å². The summed E-state index contributed by atoms with van der Waals surface area (Å²) in [6.07, 6.45) is 0. The smallest absolute Gasteiger partial charge is 0.191 e. The van der Waals surface area contributed by atoms with E-state index in [9.17, 15) is 0 Å². The Morgan fingerprint density at radius 1 is 1.11 bits per heavy atom. The largest absolute Gasteiger partial charge is 0.379 e. The van der Waals surface area contributed by atoms with Gasteiger partial charge in [-0.15, -0.1) is 24.0 Å². The maximum atomic E-state index is 5.48. The second kappa shape index (κ2) is 12.6. The maximum absolute atomic E-state index is 5.48. The molecule has 0 aliphatic carbocycles. The van der Waals surface area contributed by atoms with Crippen LogP contribution in [0.15, 0.2) is 29.3 Å². The minimum Gasteiger partial charge on any atom is -0.379 e. The highest BCUT2D eigenvalue weighted by atomic mass is 127. The Labute approximate surface area is 188 Å². The van der Waals surface area contributed by atoms with Crippen molar-refractivity contribution in [2.75, 3.05) is 53.5 Å². The first-order chi connectivity index (χ1) is 12.9. The van der Waals surface area contributed by atoms with Gasteiger partial charge in [0.25, 0.3) is 0 Å². The normalized spacial score (nSPS) is 16.0. The molecule has 1 fully saturated rings. The fourth-order valence-corrected chi connectivity index (χ4v) is 3.21. The summed E-state index contributed by atoms with van der Waals surface area (Å²) in [6, 6.07) is 8.71. The molecule has 0 spiro atoms. The van der Waals surface area contributed by atoms with Gasteiger partial charge < -0.3 is 20.3 Å². The van der Waals surface area contributed by atoms with Crippen LogP contribution in [0.3, 0.4) is 0 Å². The number of rotatable bonds is 8. The Morgan fingerprint density at radius 2 is 1.71 bits per heavy atom. The molecule has 0 unspecified atom stereocenters. The van der Waals surface area contributed by atoms with Crippen LogP contribution in [0.25, 0.3) is 0 Å². The van der Waals surface area contributed by atoms with Crippen LogP contribution >= 0.6 is 24.0 Å². The van der Waals surface area contributed by atoms with Gasteiger partial charge in [0.1, 0.15) is 0 Å². The molecular formula is C21H38IN5O. The molecule has 2 rings (SSSR count). The van der Waals surface area contributed by atoms with Crippen molar-refractivity contribution in [1.82, 2.24) is 20.4 Å². The molecule has 1 aliphatic rings. The number of ether oxygens (including phenoxy) is 1. The second-order valence-corrected chi connectivity index (χ2v) is 8.01. The number of hydrogen-bond donors (Lipinski definition) is 2. The molecule has 1 heterocycles. The van der Waals surface area contributed by atoms with Crippen molar-refractivity contribution in [1.29, 1.82) is 0 Å². The van der Waals surface area contributed by atoms with Gasteiger partial charge in [-0.05, 0) is 46.0 Å². The van der Waals surface area contributed by atoms with Crippen molar-refractivity contribution in [2.45, 2.75) is 39.4 Å². The molecule has 0 bridgehead atoms. The van der Waals surface area contributed by atoms with Crippen LogP contribution in [0.1, 0.15) is 31.9 Å². The topological polar surface area (TPSA) is 52.1 Å². The number of benzene rings is 1. The predicted octanol–water partition coefficient (Wildman–Crippen LogP) is 2.53. The first-order valence-corrected chi connectivity index (χ1v) is 9.98. The predicted molar refractivity (Wildman–Crippen MR) is 129 cm³/mol. The van der Waals surface area contributed by atoms with E-state index in [1.807, 2.05) is 0 Å². The number of aliphatic imine (C=N–C) groups is 1. The lowest BCUT2D eigenvalue weighted by Gasteiger charge is -2.41. The fourth-order valence-electron chi connectivity index (χ4n) is 3.21. The van der Waals surface area contributed by atoms with Crippen molar-refractivity contribution in [3.8, 4) is 0 Å². The third-order valence-corrected chi connectivity index (χ3v) is 4.84. The van der Waals surface area contributed by atoms with E-state index in [-0.39, 0.29) is 29.5 Å². The second-order valence-electron chi connectivity index (χ2n) is 8.01. The van der Waals surface area contributed by atoms with E-state index in [1.165, 1.54) is 11.1 Å². The molecule has 160 valence electrons. The van der Waals surface area contributed by atoms with Crippen LogP contribution in [0.5, 0.6) is 0 Å². The van der Waals surface area contributed by atoms with E-state index in [2.05, 4.69) is 79.6 Å².